The van der Waals surface area contributed by atoms with Crippen LogP contribution in [0.15, 0.2) is 87.5 Å². The van der Waals surface area contributed by atoms with Crippen LogP contribution < -0.4 is 0 Å². The van der Waals surface area contributed by atoms with Gasteiger partial charge in [-0.05, 0) is 81.0 Å². The van der Waals surface area contributed by atoms with E-state index in [9.17, 15) is 0 Å². The zero-order valence-electron chi connectivity index (χ0n) is 16.6. The van der Waals surface area contributed by atoms with E-state index in [2.05, 4.69) is 86.6 Å². The lowest BCUT2D eigenvalue weighted by atomic mass is 10.0. The summed E-state index contributed by atoms with van der Waals surface area (Å²) in [6, 6.07) is 26.3. The van der Waals surface area contributed by atoms with Crippen LogP contribution in [-0.4, -0.2) is 25.7 Å². The fraction of sp³-hybridized carbons (Fsp3) is 0.250. The molecule has 0 amide bonds. The van der Waals surface area contributed by atoms with Gasteiger partial charge in [0.15, 0.2) is 14.7 Å². The zero-order valence-corrected chi connectivity index (χ0v) is 17.4. The number of nitrogens with zero attached hydrogens (tertiary/aromatic N) is 1. The monoisotopic (exact) mass is 378 g/mol. The molecule has 0 aromatic heterocycles. The van der Waals surface area contributed by atoms with E-state index in [0.717, 1.165) is 0 Å². The third-order valence-electron chi connectivity index (χ3n) is 4.46. The topological polar surface area (TPSA) is 12.5 Å². The molecule has 0 saturated carbocycles. The highest BCUT2D eigenvalue weighted by Crippen LogP contribution is 2.33. The molecule has 3 heteroatoms. The molecular formula is C24H28NOS+. The number of ether oxygens (including phenoxy) is 1. The first kappa shape index (κ1) is 19.7. The average Bonchev–Trinajstić information content (AvgIpc) is 2.66. The molecule has 0 heterocycles. The van der Waals surface area contributed by atoms with Crippen molar-refractivity contribution in [2.45, 2.75) is 35.1 Å². The van der Waals surface area contributed by atoms with E-state index >= 15 is 0 Å². The minimum absolute atomic E-state index is 0.106. The van der Waals surface area contributed by atoms with Gasteiger partial charge in [-0.25, -0.2) is 0 Å². The van der Waals surface area contributed by atoms with Crippen LogP contribution >= 0.6 is 0 Å². The maximum atomic E-state index is 5.84. The van der Waals surface area contributed by atoms with Gasteiger partial charge in [-0.2, -0.15) is 0 Å². The summed E-state index contributed by atoms with van der Waals surface area (Å²) < 4.78 is 5.84. The molecule has 0 aliphatic carbocycles. The van der Waals surface area contributed by atoms with Crippen molar-refractivity contribution < 1.29 is 4.74 Å². The van der Waals surface area contributed by atoms with Gasteiger partial charge in [-0.3, -0.25) is 4.90 Å². The third kappa shape index (κ3) is 5.01. The van der Waals surface area contributed by atoms with Gasteiger partial charge < -0.3 is 4.74 Å². The van der Waals surface area contributed by atoms with Crippen molar-refractivity contribution in [3.05, 3.63) is 89.5 Å². The first-order valence-electron chi connectivity index (χ1n) is 9.23. The van der Waals surface area contributed by atoms with Gasteiger partial charge in [0.2, 0.25) is 0 Å². The van der Waals surface area contributed by atoms with Crippen LogP contribution in [0.3, 0.4) is 0 Å². The molecule has 0 spiro atoms. The second kappa shape index (κ2) is 9.23. The van der Waals surface area contributed by atoms with Crippen molar-refractivity contribution in [2.24, 2.45) is 0 Å². The molecule has 3 aromatic rings. The third-order valence-corrected chi connectivity index (χ3v) is 6.65. The van der Waals surface area contributed by atoms with Gasteiger partial charge in [0, 0.05) is 0 Å². The molecular weight excluding hydrogens is 350 g/mol. The molecule has 0 radical (unpaired) electrons. The first-order chi connectivity index (χ1) is 13.1. The summed E-state index contributed by atoms with van der Waals surface area (Å²) in [6.45, 7) is 5.68. The lowest BCUT2D eigenvalue weighted by Crippen LogP contribution is -2.16. The van der Waals surface area contributed by atoms with Crippen LogP contribution in [0.1, 0.15) is 16.7 Å². The minimum Gasteiger partial charge on any atom is -0.361 e. The standard InChI is InChI=1S/C24H28NOS/c1-19-15-23(16-20(2)24(19)17-26-18-25(3)4)27(21-11-7-5-8-12-21)22-13-9-6-10-14-22/h5-16H,17-18H2,1-4H3/q+1. The predicted octanol–water partition coefficient (Wildman–Crippen LogP) is 5.43. The van der Waals surface area contributed by atoms with Crippen molar-refractivity contribution in [1.82, 2.24) is 4.90 Å². The minimum atomic E-state index is -0.106. The molecule has 0 N–H and O–H groups in total. The summed E-state index contributed by atoms with van der Waals surface area (Å²) in [4.78, 5) is 6.10. The highest BCUT2D eigenvalue weighted by Gasteiger charge is 2.29. The summed E-state index contributed by atoms with van der Waals surface area (Å²) >= 11 is 0. The Bertz CT molecular complexity index is 800. The molecule has 0 aliphatic heterocycles. The predicted molar refractivity (Wildman–Crippen MR) is 114 cm³/mol. The lowest BCUT2D eigenvalue weighted by Gasteiger charge is -2.15. The number of hydrogen-bond acceptors (Lipinski definition) is 2. The van der Waals surface area contributed by atoms with E-state index in [1.54, 1.807) is 0 Å². The Hall–Kier alpha value is -2.07. The van der Waals surface area contributed by atoms with E-state index in [0.29, 0.717) is 13.3 Å². The molecule has 0 fully saturated rings. The molecule has 27 heavy (non-hydrogen) atoms. The Morgan fingerprint density at radius 3 is 1.67 bits per heavy atom. The van der Waals surface area contributed by atoms with Crippen LogP contribution in [0.2, 0.25) is 0 Å². The Kier molecular flexibility index (Phi) is 6.73. The van der Waals surface area contributed by atoms with Crippen molar-refractivity contribution >= 4 is 10.9 Å². The second-order valence-corrected chi connectivity index (χ2v) is 9.05. The van der Waals surface area contributed by atoms with Crippen LogP contribution in [0.5, 0.6) is 0 Å². The summed E-state index contributed by atoms with van der Waals surface area (Å²) in [6.07, 6.45) is 0. The largest absolute Gasteiger partial charge is 0.361 e. The summed E-state index contributed by atoms with van der Waals surface area (Å²) in [5.74, 6) is 0. The highest BCUT2D eigenvalue weighted by molar-refractivity contribution is 7.97. The van der Waals surface area contributed by atoms with E-state index in [4.69, 9.17) is 4.74 Å². The first-order valence-corrected chi connectivity index (χ1v) is 10.5. The highest BCUT2D eigenvalue weighted by atomic mass is 32.2. The molecule has 3 rings (SSSR count). The number of benzene rings is 3. The Morgan fingerprint density at radius 2 is 1.22 bits per heavy atom. The molecule has 0 saturated heterocycles. The van der Waals surface area contributed by atoms with Gasteiger partial charge in [0.1, 0.15) is 0 Å². The summed E-state index contributed by atoms with van der Waals surface area (Å²) in [7, 11) is 3.94. The fourth-order valence-electron chi connectivity index (χ4n) is 3.15. The second-order valence-electron chi connectivity index (χ2n) is 7.03. The van der Waals surface area contributed by atoms with Gasteiger partial charge in [-0.1, -0.05) is 36.4 Å². The molecule has 0 atom stereocenters. The van der Waals surface area contributed by atoms with Gasteiger partial charge in [-0.15, -0.1) is 0 Å². The normalized spacial score (nSPS) is 11.3. The lowest BCUT2D eigenvalue weighted by molar-refractivity contribution is 0.0446. The maximum Gasteiger partial charge on any atom is 0.167 e. The number of rotatable bonds is 7. The molecule has 2 nitrogen and oxygen atoms in total. The molecule has 0 unspecified atom stereocenters. The fourth-order valence-corrected chi connectivity index (χ4v) is 5.42. The van der Waals surface area contributed by atoms with E-state index < -0.39 is 0 Å². The van der Waals surface area contributed by atoms with Crippen LogP contribution in [-0.2, 0) is 22.2 Å². The van der Waals surface area contributed by atoms with Gasteiger partial charge >= 0.3 is 0 Å². The molecule has 140 valence electrons. The Morgan fingerprint density at radius 1 is 0.741 bits per heavy atom. The van der Waals surface area contributed by atoms with Crippen molar-refractivity contribution in [3.8, 4) is 0 Å². The molecule has 3 aromatic carbocycles. The zero-order chi connectivity index (χ0) is 19.2. The smallest absolute Gasteiger partial charge is 0.167 e. The molecule has 0 bridgehead atoms. The van der Waals surface area contributed by atoms with Crippen molar-refractivity contribution in [3.63, 3.8) is 0 Å². The van der Waals surface area contributed by atoms with Crippen molar-refractivity contribution in [1.29, 1.82) is 0 Å². The van der Waals surface area contributed by atoms with E-state index in [1.807, 2.05) is 19.0 Å². The van der Waals surface area contributed by atoms with Crippen LogP contribution in [0, 0.1) is 13.8 Å². The van der Waals surface area contributed by atoms with Gasteiger partial charge in [0.05, 0.1) is 24.2 Å². The van der Waals surface area contributed by atoms with E-state index in [1.165, 1.54) is 31.4 Å². The number of aryl methyl sites for hydroxylation is 2. The van der Waals surface area contributed by atoms with Crippen LogP contribution in [0.25, 0.3) is 0 Å². The Labute approximate surface area is 166 Å². The SMILES string of the molecule is Cc1cc([S+](c2ccccc2)c2ccccc2)cc(C)c1COCN(C)C. The maximum absolute atomic E-state index is 5.84. The van der Waals surface area contributed by atoms with Gasteiger partial charge in [0.25, 0.3) is 0 Å². The Balaban J connectivity index is 1.98. The van der Waals surface area contributed by atoms with E-state index in [-0.39, 0.29) is 10.9 Å². The molecule has 0 aliphatic rings. The van der Waals surface area contributed by atoms with Crippen LogP contribution in [0.4, 0.5) is 0 Å². The summed E-state index contributed by atoms with van der Waals surface area (Å²) in [5, 5.41) is 0. The van der Waals surface area contributed by atoms with Crippen molar-refractivity contribution in [2.75, 3.05) is 20.8 Å². The summed E-state index contributed by atoms with van der Waals surface area (Å²) in [5.41, 5.74) is 3.89. The quantitative estimate of drug-likeness (QED) is 0.401. The number of hydrogen-bond donors (Lipinski definition) is 0. The average molecular weight is 379 g/mol.